The van der Waals surface area contributed by atoms with E-state index in [1.807, 2.05) is 6.08 Å². The summed E-state index contributed by atoms with van der Waals surface area (Å²) < 4.78 is 66.3. The summed E-state index contributed by atoms with van der Waals surface area (Å²) in [6, 6.07) is 2.67. The molecular formula is C20H21F5. The van der Waals surface area contributed by atoms with Crippen molar-refractivity contribution in [3.8, 4) is 0 Å². The second kappa shape index (κ2) is 6.93. The van der Waals surface area contributed by atoms with Gasteiger partial charge in [0.1, 0.15) is 11.6 Å². The minimum Gasteiger partial charge on any atom is -0.211 e. The lowest BCUT2D eigenvalue weighted by Crippen LogP contribution is -2.16. The largest absolute Gasteiger partial charge is 0.419 e. The summed E-state index contributed by atoms with van der Waals surface area (Å²) in [6.07, 6.45) is 3.42. The second-order valence-corrected chi connectivity index (χ2v) is 7.22. The standard InChI is InChI=1S/C20H21F5/c1-12-2-4-13(5-3-12)14-6-8-16(18(21)10-14)15-7-9-17(19(22)11-15)20(23,24)25/h6-7,9-13,16H,2-5,8H2,1H3. The first-order valence-electron chi connectivity index (χ1n) is 8.69. The van der Waals surface area contributed by atoms with Crippen LogP contribution in [-0.4, -0.2) is 0 Å². The number of halogens is 5. The maximum absolute atomic E-state index is 14.6. The first kappa shape index (κ1) is 18.2. The summed E-state index contributed by atoms with van der Waals surface area (Å²) in [5.41, 5.74) is -0.0937. The van der Waals surface area contributed by atoms with Crippen molar-refractivity contribution >= 4 is 0 Å². The molecule has 3 rings (SSSR count). The average molecular weight is 356 g/mol. The first-order chi connectivity index (χ1) is 11.8. The second-order valence-electron chi connectivity index (χ2n) is 7.22. The molecular weight excluding hydrogens is 335 g/mol. The highest BCUT2D eigenvalue weighted by Crippen LogP contribution is 2.41. The van der Waals surface area contributed by atoms with Crippen molar-refractivity contribution in [2.75, 3.05) is 0 Å². The molecule has 1 aromatic carbocycles. The molecule has 25 heavy (non-hydrogen) atoms. The van der Waals surface area contributed by atoms with Crippen molar-refractivity contribution in [3.63, 3.8) is 0 Å². The third-order valence-electron chi connectivity index (χ3n) is 5.41. The van der Waals surface area contributed by atoms with E-state index in [1.165, 1.54) is 12.1 Å². The van der Waals surface area contributed by atoms with Crippen LogP contribution in [0.5, 0.6) is 0 Å². The molecule has 0 nitrogen and oxygen atoms in total. The Morgan fingerprint density at radius 1 is 1.00 bits per heavy atom. The Morgan fingerprint density at radius 3 is 2.24 bits per heavy atom. The fourth-order valence-electron chi connectivity index (χ4n) is 3.84. The number of allylic oxidation sites excluding steroid dienone is 4. The van der Waals surface area contributed by atoms with Crippen LogP contribution in [0.1, 0.15) is 56.1 Å². The zero-order chi connectivity index (χ0) is 18.2. The van der Waals surface area contributed by atoms with Crippen LogP contribution in [0.4, 0.5) is 22.0 Å². The monoisotopic (exact) mass is 356 g/mol. The van der Waals surface area contributed by atoms with Crippen molar-refractivity contribution in [1.29, 1.82) is 0 Å². The van der Waals surface area contributed by atoms with Crippen molar-refractivity contribution in [2.24, 2.45) is 11.8 Å². The van der Waals surface area contributed by atoms with Gasteiger partial charge in [-0.25, -0.2) is 8.78 Å². The fourth-order valence-corrected chi connectivity index (χ4v) is 3.84. The van der Waals surface area contributed by atoms with E-state index in [-0.39, 0.29) is 5.56 Å². The molecule has 0 aliphatic heterocycles. The molecule has 2 aliphatic carbocycles. The Morgan fingerprint density at radius 2 is 1.68 bits per heavy atom. The topological polar surface area (TPSA) is 0 Å². The molecule has 0 bridgehead atoms. The molecule has 136 valence electrons. The number of benzene rings is 1. The van der Waals surface area contributed by atoms with Gasteiger partial charge in [0.15, 0.2) is 0 Å². The van der Waals surface area contributed by atoms with Crippen molar-refractivity contribution in [3.05, 3.63) is 58.7 Å². The van der Waals surface area contributed by atoms with Gasteiger partial charge in [-0.05, 0) is 60.4 Å². The van der Waals surface area contributed by atoms with Crippen LogP contribution in [0.2, 0.25) is 0 Å². The third kappa shape index (κ3) is 3.96. The molecule has 0 heterocycles. The van der Waals surface area contributed by atoms with E-state index in [9.17, 15) is 22.0 Å². The SMILES string of the molecule is CC1CCC(C2=CCC(c3ccc(C(F)(F)F)c(F)c3)C(F)=C2)CC1. The number of hydrogen-bond acceptors (Lipinski definition) is 0. The van der Waals surface area contributed by atoms with Crippen molar-refractivity contribution < 1.29 is 22.0 Å². The Bertz CT molecular complexity index is 691. The summed E-state index contributed by atoms with van der Waals surface area (Å²) >= 11 is 0. The molecule has 0 saturated heterocycles. The highest BCUT2D eigenvalue weighted by molar-refractivity contribution is 5.39. The van der Waals surface area contributed by atoms with Crippen LogP contribution in [0, 0.1) is 17.7 Å². The quantitative estimate of drug-likeness (QED) is 0.504. The van der Waals surface area contributed by atoms with E-state index in [4.69, 9.17) is 0 Å². The van der Waals surface area contributed by atoms with Crippen molar-refractivity contribution in [2.45, 2.75) is 51.1 Å². The van der Waals surface area contributed by atoms with Crippen LogP contribution in [-0.2, 0) is 6.18 Å². The summed E-state index contributed by atoms with van der Waals surface area (Å²) in [6.45, 7) is 2.22. The van der Waals surface area contributed by atoms with E-state index < -0.39 is 29.3 Å². The molecule has 0 N–H and O–H groups in total. The van der Waals surface area contributed by atoms with Gasteiger partial charge < -0.3 is 0 Å². The maximum Gasteiger partial charge on any atom is 0.419 e. The van der Waals surface area contributed by atoms with Gasteiger partial charge in [-0.2, -0.15) is 13.2 Å². The lowest BCUT2D eigenvalue weighted by Gasteiger charge is -2.29. The number of hydrogen-bond donors (Lipinski definition) is 0. The Kier molecular flexibility index (Phi) is 5.03. The molecule has 0 amide bonds. The van der Waals surface area contributed by atoms with Crippen LogP contribution in [0.15, 0.2) is 41.8 Å². The van der Waals surface area contributed by atoms with Crippen molar-refractivity contribution in [1.82, 2.24) is 0 Å². The molecule has 0 aromatic heterocycles. The van der Waals surface area contributed by atoms with E-state index in [1.54, 1.807) is 0 Å². The molecule has 1 saturated carbocycles. The number of rotatable bonds is 2. The predicted molar refractivity (Wildman–Crippen MR) is 87.2 cm³/mol. The zero-order valence-corrected chi connectivity index (χ0v) is 14.0. The van der Waals surface area contributed by atoms with Crippen LogP contribution >= 0.6 is 0 Å². The summed E-state index contributed by atoms with van der Waals surface area (Å²) in [7, 11) is 0. The van der Waals surface area contributed by atoms with E-state index in [0.717, 1.165) is 37.3 Å². The lowest BCUT2D eigenvalue weighted by atomic mass is 9.76. The van der Waals surface area contributed by atoms with Gasteiger partial charge in [-0.15, -0.1) is 0 Å². The maximum atomic E-state index is 14.6. The van der Waals surface area contributed by atoms with Crippen LogP contribution in [0.3, 0.4) is 0 Å². The van der Waals surface area contributed by atoms with E-state index in [0.29, 0.717) is 24.3 Å². The minimum atomic E-state index is -4.74. The molecule has 2 aliphatic rings. The van der Waals surface area contributed by atoms with Crippen LogP contribution in [0.25, 0.3) is 0 Å². The molecule has 1 unspecified atom stereocenters. The van der Waals surface area contributed by atoms with Gasteiger partial charge in [0.05, 0.1) is 5.56 Å². The average Bonchev–Trinajstić information content (AvgIpc) is 2.54. The molecule has 0 radical (unpaired) electrons. The molecule has 5 heteroatoms. The predicted octanol–water partition coefficient (Wildman–Crippen LogP) is 6.94. The zero-order valence-electron chi connectivity index (χ0n) is 14.0. The van der Waals surface area contributed by atoms with Gasteiger partial charge in [0.2, 0.25) is 0 Å². The smallest absolute Gasteiger partial charge is 0.211 e. The number of alkyl halides is 3. The van der Waals surface area contributed by atoms with E-state index in [2.05, 4.69) is 6.92 Å². The molecule has 1 aromatic rings. The highest BCUT2D eigenvalue weighted by Gasteiger charge is 2.35. The van der Waals surface area contributed by atoms with Gasteiger partial charge in [0, 0.05) is 5.92 Å². The van der Waals surface area contributed by atoms with Gasteiger partial charge in [-0.3, -0.25) is 0 Å². The van der Waals surface area contributed by atoms with Crippen LogP contribution < -0.4 is 0 Å². The summed E-state index contributed by atoms with van der Waals surface area (Å²) in [5, 5.41) is 0. The Hall–Kier alpha value is -1.65. The van der Waals surface area contributed by atoms with Gasteiger partial charge in [-0.1, -0.05) is 31.9 Å². The highest BCUT2D eigenvalue weighted by atomic mass is 19.4. The fraction of sp³-hybridized carbons (Fsp3) is 0.500. The first-order valence-corrected chi connectivity index (χ1v) is 8.69. The molecule has 0 spiro atoms. The van der Waals surface area contributed by atoms with E-state index >= 15 is 0 Å². The lowest BCUT2D eigenvalue weighted by molar-refractivity contribution is -0.140. The Balaban J connectivity index is 1.76. The summed E-state index contributed by atoms with van der Waals surface area (Å²) in [5.74, 6) is -1.39. The summed E-state index contributed by atoms with van der Waals surface area (Å²) in [4.78, 5) is 0. The minimum absolute atomic E-state index is 0.242. The third-order valence-corrected chi connectivity index (χ3v) is 5.41. The van der Waals surface area contributed by atoms with Gasteiger partial charge >= 0.3 is 6.18 Å². The normalized spacial score (nSPS) is 27.7. The Labute approximate surface area is 144 Å². The molecule has 1 fully saturated rings. The molecule has 1 atom stereocenters. The van der Waals surface area contributed by atoms with Gasteiger partial charge in [0.25, 0.3) is 0 Å².